The van der Waals surface area contributed by atoms with Crippen LogP contribution in [-0.4, -0.2) is 12.6 Å². The van der Waals surface area contributed by atoms with Gasteiger partial charge in [-0.15, -0.1) is 0 Å². The molecule has 0 bridgehead atoms. The average Bonchev–Trinajstić information content (AvgIpc) is 2.39. The molecule has 1 unspecified atom stereocenters. The van der Waals surface area contributed by atoms with E-state index < -0.39 is 0 Å². The smallest absolute Gasteiger partial charge is 0.335 e. The molecule has 3 heteroatoms. The van der Waals surface area contributed by atoms with E-state index in [2.05, 4.69) is 24.4 Å². The molecule has 1 aromatic rings. The Balaban J connectivity index is 2.72. The number of esters is 1. The lowest BCUT2D eigenvalue weighted by Crippen LogP contribution is -2.20. The summed E-state index contributed by atoms with van der Waals surface area (Å²) in [6.45, 7) is 7.94. The molecule has 0 amide bonds. The Labute approximate surface area is 109 Å². The number of carbonyl (C=O) groups excluding carboxylic acids is 1. The number of hydrogen-bond acceptors (Lipinski definition) is 3. The van der Waals surface area contributed by atoms with Gasteiger partial charge in [-0.1, -0.05) is 30.3 Å². The quantitative estimate of drug-likeness (QED) is 0.641. The van der Waals surface area contributed by atoms with Crippen LogP contribution in [-0.2, 0) is 9.53 Å². The van der Waals surface area contributed by atoms with Gasteiger partial charge in [0.1, 0.15) is 0 Å². The maximum atomic E-state index is 11.6. The second-order valence-electron chi connectivity index (χ2n) is 4.25. The molecule has 1 rings (SSSR count). The van der Waals surface area contributed by atoms with Gasteiger partial charge < -0.3 is 10.1 Å². The summed E-state index contributed by atoms with van der Waals surface area (Å²) < 4.78 is 4.98. The van der Waals surface area contributed by atoms with E-state index in [4.69, 9.17) is 4.74 Å². The molecular formula is C15H21NO2. The third-order valence-corrected chi connectivity index (χ3v) is 2.88. The van der Waals surface area contributed by atoms with Crippen LogP contribution in [0.3, 0.4) is 0 Å². The van der Waals surface area contributed by atoms with E-state index in [0.29, 0.717) is 12.2 Å². The number of ether oxygens (including phenoxy) is 1. The van der Waals surface area contributed by atoms with Crippen molar-refractivity contribution in [2.24, 2.45) is 0 Å². The molecule has 0 saturated carbocycles. The maximum Gasteiger partial charge on any atom is 0.335 e. The Morgan fingerprint density at radius 2 is 1.89 bits per heavy atom. The SMILES string of the molecule is CCOC(=O)C(C)=C(C)NC(C)c1ccccc1. The minimum absolute atomic E-state index is 0.163. The molecular weight excluding hydrogens is 226 g/mol. The van der Waals surface area contributed by atoms with Gasteiger partial charge in [0, 0.05) is 11.7 Å². The molecule has 0 radical (unpaired) electrons. The molecule has 98 valence electrons. The predicted molar refractivity (Wildman–Crippen MR) is 73.0 cm³/mol. The second-order valence-corrected chi connectivity index (χ2v) is 4.25. The molecule has 0 fully saturated rings. The number of carbonyl (C=O) groups is 1. The Morgan fingerprint density at radius 1 is 1.28 bits per heavy atom. The lowest BCUT2D eigenvalue weighted by atomic mass is 10.1. The lowest BCUT2D eigenvalue weighted by Gasteiger charge is -2.17. The van der Waals surface area contributed by atoms with E-state index in [1.165, 1.54) is 5.56 Å². The zero-order chi connectivity index (χ0) is 13.5. The molecule has 0 aliphatic carbocycles. The van der Waals surface area contributed by atoms with Gasteiger partial charge in [0.25, 0.3) is 0 Å². The monoisotopic (exact) mass is 247 g/mol. The van der Waals surface area contributed by atoms with Crippen LogP contribution in [0, 0.1) is 0 Å². The van der Waals surface area contributed by atoms with Crippen molar-refractivity contribution in [3.63, 3.8) is 0 Å². The van der Waals surface area contributed by atoms with Gasteiger partial charge in [-0.3, -0.25) is 0 Å². The molecule has 0 aromatic heterocycles. The first-order valence-corrected chi connectivity index (χ1v) is 6.22. The largest absolute Gasteiger partial charge is 0.463 e. The molecule has 18 heavy (non-hydrogen) atoms. The van der Waals surface area contributed by atoms with Crippen molar-refractivity contribution in [2.45, 2.75) is 33.7 Å². The standard InChI is InChI=1S/C15H21NO2/c1-5-18-15(17)11(2)12(3)16-13(4)14-9-7-6-8-10-14/h6-10,13,16H,5H2,1-4H3. The van der Waals surface area contributed by atoms with E-state index in [-0.39, 0.29) is 12.0 Å². The summed E-state index contributed by atoms with van der Waals surface area (Å²) in [7, 11) is 0. The fourth-order valence-electron chi connectivity index (χ4n) is 1.65. The summed E-state index contributed by atoms with van der Waals surface area (Å²) in [5.41, 5.74) is 2.66. The first-order valence-electron chi connectivity index (χ1n) is 6.22. The van der Waals surface area contributed by atoms with Crippen LogP contribution in [0.2, 0.25) is 0 Å². The van der Waals surface area contributed by atoms with Crippen molar-refractivity contribution >= 4 is 5.97 Å². The summed E-state index contributed by atoms with van der Waals surface area (Å²) in [5, 5.41) is 3.31. The maximum absolute atomic E-state index is 11.6. The van der Waals surface area contributed by atoms with E-state index in [1.54, 1.807) is 13.8 Å². The first kappa shape index (κ1) is 14.3. The highest BCUT2D eigenvalue weighted by molar-refractivity contribution is 5.88. The van der Waals surface area contributed by atoms with Crippen LogP contribution < -0.4 is 5.32 Å². The van der Waals surface area contributed by atoms with Crippen molar-refractivity contribution in [2.75, 3.05) is 6.61 Å². The third kappa shape index (κ3) is 3.91. The highest BCUT2D eigenvalue weighted by atomic mass is 16.5. The van der Waals surface area contributed by atoms with Crippen molar-refractivity contribution in [3.8, 4) is 0 Å². The fraction of sp³-hybridized carbons (Fsp3) is 0.400. The summed E-state index contributed by atoms with van der Waals surface area (Å²) in [6.07, 6.45) is 0. The molecule has 0 spiro atoms. The molecule has 1 N–H and O–H groups in total. The highest BCUT2D eigenvalue weighted by Gasteiger charge is 2.11. The zero-order valence-corrected chi connectivity index (χ0v) is 11.5. The van der Waals surface area contributed by atoms with Gasteiger partial charge in [0.15, 0.2) is 0 Å². The number of rotatable bonds is 5. The number of benzene rings is 1. The minimum Gasteiger partial charge on any atom is -0.463 e. The van der Waals surface area contributed by atoms with Gasteiger partial charge in [0.05, 0.1) is 12.2 Å². The van der Waals surface area contributed by atoms with Gasteiger partial charge in [-0.05, 0) is 33.3 Å². The molecule has 1 aromatic carbocycles. The Morgan fingerprint density at radius 3 is 2.44 bits per heavy atom. The lowest BCUT2D eigenvalue weighted by molar-refractivity contribution is -0.138. The summed E-state index contributed by atoms with van der Waals surface area (Å²) in [4.78, 5) is 11.6. The highest BCUT2D eigenvalue weighted by Crippen LogP contribution is 2.14. The van der Waals surface area contributed by atoms with Crippen LogP contribution in [0.5, 0.6) is 0 Å². The predicted octanol–water partition coefficient (Wildman–Crippen LogP) is 3.19. The van der Waals surface area contributed by atoms with Gasteiger partial charge >= 0.3 is 5.97 Å². The molecule has 3 nitrogen and oxygen atoms in total. The molecule has 0 aliphatic heterocycles. The third-order valence-electron chi connectivity index (χ3n) is 2.88. The second kappa shape index (κ2) is 6.84. The average molecular weight is 247 g/mol. The summed E-state index contributed by atoms with van der Waals surface area (Å²) >= 11 is 0. The minimum atomic E-state index is -0.261. The zero-order valence-electron chi connectivity index (χ0n) is 11.5. The van der Waals surface area contributed by atoms with Crippen molar-refractivity contribution in [1.29, 1.82) is 0 Å². The summed E-state index contributed by atoms with van der Waals surface area (Å²) in [5.74, 6) is -0.261. The molecule has 1 atom stereocenters. The van der Waals surface area contributed by atoms with Crippen molar-refractivity contribution in [1.82, 2.24) is 5.32 Å². The van der Waals surface area contributed by atoms with E-state index >= 15 is 0 Å². The molecule has 0 aliphatic rings. The van der Waals surface area contributed by atoms with Crippen LogP contribution in [0.15, 0.2) is 41.6 Å². The normalized spacial score (nSPS) is 13.6. The topological polar surface area (TPSA) is 38.3 Å². The first-order chi connectivity index (χ1) is 8.56. The Kier molecular flexibility index (Phi) is 5.43. The Bertz CT molecular complexity index is 423. The number of allylic oxidation sites excluding steroid dienone is 1. The number of hydrogen-bond donors (Lipinski definition) is 1. The van der Waals surface area contributed by atoms with Crippen LogP contribution in [0.25, 0.3) is 0 Å². The fourth-order valence-corrected chi connectivity index (χ4v) is 1.65. The van der Waals surface area contributed by atoms with Crippen LogP contribution in [0.4, 0.5) is 0 Å². The number of nitrogens with one attached hydrogen (secondary N) is 1. The van der Waals surface area contributed by atoms with Crippen molar-refractivity contribution in [3.05, 3.63) is 47.2 Å². The molecule has 0 saturated heterocycles. The Hall–Kier alpha value is -1.77. The van der Waals surface area contributed by atoms with E-state index in [9.17, 15) is 4.79 Å². The van der Waals surface area contributed by atoms with Gasteiger partial charge in [-0.2, -0.15) is 0 Å². The van der Waals surface area contributed by atoms with Gasteiger partial charge in [-0.25, -0.2) is 4.79 Å². The van der Waals surface area contributed by atoms with E-state index in [0.717, 1.165) is 5.70 Å². The van der Waals surface area contributed by atoms with Crippen molar-refractivity contribution < 1.29 is 9.53 Å². The van der Waals surface area contributed by atoms with E-state index in [1.807, 2.05) is 25.1 Å². The van der Waals surface area contributed by atoms with Crippen LogP contribution >= 0.6 is 0 Å². The van der Waals surface area contributed by atoms with Gasteiger partial charge in [0.2, 0.25) is 0 Å². The summed E-state index contributed by atoms with van der Waals surface area (Å²) in [6, 6.07) is 10.3. The molecule has 0 heterocycles. The van der Waals surface area contributed by atoms with Crippen LogP contribution in [0.1, 0.15) is 39.3 Å².